The third-order valence-corrected chi connectivity index (χ3v) is 5.13. The zero-order valence-electron chi connectivity index (χ0n) is 13.4. The van der Waals surface area contributed by atoms with E-state index >= 15 is 0 Å². The topological polar surface area (TPSA) is 36.9 Å². The van der Waals surface area contributed by atoms with Crippen molar-refractivity contribution < 1.29 is 4.74 Å². The Balaban J connectivity index is 0.00000161. The fourth-order valence-corrected chi connectivity index (χ4v) is 3.07. The molecule has 0 aromatic carbocycles. The van der Waals surface area contributed by atoms with Crippen LogP contribution >= 0.6 is 24.0 Å². The van der Waals surface area contributed by atoms with E-state index in [0.29, 0.717) is 5.41 Å². The van der Waals surface area contributed by atoms with Crippen molar-refractivity contribution in [2.75, 3.05) is 40.4 Å². The lowest BCUT2D eigenvalue weighted by atomic mass is 10.0. The maximum Gasteiger partial charge on any atom is 0.193 e. The molecule has 0 bridgehead atoms. The molecule has 3 fully saturated rings. The van der Waals surface area contributed by atoms with Gasteiger partial charge in [-0.05, 0) is 55.8 Å². The molecule has 0 atom stereocenters. The monoisotopic (exact) mass is 407 g/mol. The van der Waals surface area contributed by atoms with Gasteiger partial charge in [-0.15, -0.1) is 24.0 Å². The molecule has 3 aliphatic carbocycles. The molecule has 0 amide bonds. The molecular formula is C16H30IN3O. The molecule has 0 aromatic heterocycles. The van der Waals surface area contributed by atoms with Crippen LogP contribution in [0.5, 0.6) is 0 Å². The first-order valence-corrected chi connectivity index (χ1v) is 8.23. The molecule has 3 rings (SSSR count). The second-order valence-corrected chi connectivity index (χ2v) is 6.98. The predicted molar refractivity (Wildman–Crippen MR) is 97.3 cm³/mol. The maximum atomic E-state index is 5.70. The van der Waals surface area contributed by atoms with Crippen molar-refractivity contribution >= 4 is 29.9 Å². The molecular weight excluding hydrogens is 377 g/mol. The summed E-state index contributed by atoms with van der Waals surface area (Å²) in [6.45, 7) is 3.78. The van der Waals surface area contributed by atoms with Gasteiger partial charge in [-0.25, -0.2) is 0 Å². The Hall–Kier alpha value is -0.0400. The fraction of sp³-hybridized carbons (Fsp3) is 0.938. The lowest BCUT2D eigenvalue weighted by Crippen LogP contribution is -2.43. The zero-order valence-corrected chi connectivity index (χ0v) is 15.8. The van der Waals surface area contributed by atoms with E-state index in [9.17, 15) is 0 Å². The molecule has 3 aliphatic rings. The molecule has 0 heterocycles. The van der Waals surface area contributed by atoms with Gasteiger partial charge in [-0.3, -0.25) is 4.99 Å². The first-order chi connectivity index (χ1) is 9.73. The van der Waals surface area contributed by atoms with Crippen molar-refractivity contribution in [3.05, 3.63) is 0 Å². The highest BCUT2D eigenvalue weighted by Crippen LogP contribution is 2.60. The summed E-state index contributed by atoms with van der Waals surface area (Å²) in [4.78, 5) is 6.59. The third-order valence-electron chi connectivity index (χ3n) is 5.13. The third kappa shape index (κ3) is 4.98. The molecule has 4 nitrogen and oxygen atoms in total. The van der Waals surface area contributed by atoms with Gasteiger partial charge < -0.3 is 15.0 Å². The van der Waals surface area contributed by atoms with Crippen molar-refractivity contribution in [1.29, 1.82) is 0 Å². The second kappa shape index (κ2) is 7.49. The number of likely N-dealkylation sites (N-methyl/N-ethyl adjacent to an activating group) is 1. The Morgan fingerprint density at radius 2 is 2.00 bits per heavy atom. The average molecular weight is 407 g/mol. The lowest BCUT2D eigenvalue weighted by Gasteiger charge is -2.24. The summed E-state index contributed by atoms with van der Waals surface area (Å²) in [5, 5.41) is 3.58. The van der Waals surface area contributed by atoms with Crippen LogP contribution in [0.3, 0.4) is 0 Å². The van der Waals surface area contributed by atoms with E-state index < -0.39 is 0 Å². The molecule has 3 saturated carbocycles. The molecule has 0 aliphatic heterocycles. The number of guanidine groups is 1. The van der Waals surface area contributed by atoms with Gasteiger partial charge in [0.2, 0.25) is 0 Å². The van der Waals surface area contributed by atoms with E-state index in [1.165, 1.54) is 38.5 Å². The van der Waals surface area contributed by atoms with E-state index in [2.05, 4.69) is 22.3 Å². The maximum absolute atomic E-state index is 5.70. The molecule has 0 spiro atoms. The van der Waals surface area contributed by atoms with Gasteiger partial charge in [0.05, 0.1) is 6.61 Å². The lowest BCUT2D eigenvalue weighted by molar-refractivity contribution is 0.115. The highest BCUT2D eigenvalue weighted by atomic mass is 127. The largest absolute Gasteiger partial charge is 0.379 e. The van der Waals surface area contributed by atoms with Crippen molar-refractivity contribution in [1.82, 2.24) is 10.2 Å². The Morgan fingerprint density at radius 1 is 1.29 bits per heavy atom. The summed E-state index contributed by atoms with van der Waals surface area (Å²) < 4.78 is 5.70. The number of nitrogens with zero attached hydrogens (tertiary/aromatic N) is 2. The van der Waals surface area contributed by atoms with E-state index in [0.717, 1.165) is 44.1 Å². The SMILES string of the molecule is CN=C(NCC1(C2CC2)CC1)N(C)CCOCC1CC1.I. The van der Waals surface area contributed by atoms with Crippen LogP contribution in [0.1, 0.15) is 38.5 Å². The molecule has 0 radical (unpaired) electrons. The minimum atomic E-state index is 0. The number of ether oxygens (including phenoxy) is 1. The normalized spacial score (nSPS) is 23.4. The molecule has 21 heavy (non-hydrogen) atoms. The van der Waals surface area contributed by atoms with E-state index in [1.54, 1.807) is 0 Å². The van der Waals surface area contributed by atoms with Crippen LogP contribution in [0, 0.1) is 17.3 Å². The van der Waals surface area contributed by atoms with Gasteiger partial charge in [0.25, 0.3) is 0 Å². The Bertz CT molecular complexity index is 363. The zero-order chi connectivity index (χ0) is 14.0. The van der Waals surface area contributed by atoms with E-state index in [-0.39, 0.29) is 24.0 Å². The molecule has 0 aromatic rings. The number of halogens is 1. The second-order valence-electron chi connectivity index (χ2n) is 6.98. The summed E-state index contributed by atoms with van der Waals surface area (Å²) in [5.41, 5.74) is 0.624. The highest BCUT2D eigenvalue weighted by Gasteiger charge is 2.53. The Kier molecular flexibility index (Phi) is 6.17. The molecule has 122 valence electrons. The van der Waals surface area contributed by atoms with Gasteiger partial charge >= 0.3 is 0 Å². The first-order valence-electron chi connectivity index (χ1n) is 8.23. The average Bonchev–Trinajstić information content (AvgIpc) is 3.27. The minimum Gasteiger partial charge on any atom is -0.379 e. The van der Waals surface area contributed by atoms with E-state index in [4.69, 9.17) is 4.74 Å². The standard InChI is InChI=1S/C16H29N3O.HI/c1-17-15(18-12-16(7-8-16)14-5-6-14)19(2)9-10-20-11-13-3-4-13;/h13-14H,3-12H2,1-2H3,(H,17,18);1H. The smallest absolute Gasteiger partial charge is 0.193 e. The molecule has 0 unspecified atom stereocenters. The quantitative estimate of drug-likeness (QED) is 0.291. The van der Waals surface area contributed by atoms with Crippen LogP contribution in [0.15, 0.2) is 4.99 Å². The van der Waals surface area contributed by atoms with Gasteiger partial charge in [0.15, 0.2) is 5.96 Å². The van der Waals surface area contributed by atoms with Crippen molar-refractivity contribution in [2.45, 2.75) is 38.5 Å². The highest BCUT2D eigenvalue weighted by molar-refractivity contribution is 14.0. The van der Waals surface area contributed by atoms with Gasteiger partial charge in [0.1, 0.15) is 0 Å². The van der Waals surface area contributed by atoms with Crippen molar-refractivity contribution in [2.24, 2.45) is 22.2 Å². The summed E-state index contributed by atoms with van der Waals surface area (Å²) in [6.07, 6.45) is 8.45. The van der Waals surface area contributed by atoms with Gasteiger partial charge in [0, 0.05) is 33.8 Å². The van der Waals surface area contributed by atoms with Crippen LogP contribution in [0.4, 0.5) is 0 Å². The van der Waals surface area contributed by atoms with Crippen LogP contribution in [-0.4, -0.2) is 51.3 Å². The first kappa shape index (κ1) is 17.3. The number of aliphatic imine (C=N–C) groups is 1. The van der Waals surface area contributed by atoms with Crippen molar-refractivity contribution in [3.63, 3.8) is 0 Å². The van der Waals surface area contributed by atoms with Crippen LogP contribution in [0.25, 0.3) is 0 Å². The number of hydrogen-bond donors (Lipinski definition) is 1. The number of rotatable bonds is 8. The summed E-state index contributed by atoms with van der Waals surface area (Å²) >= 11 is 0. The van der Waals surface area contributed by atoms with Crippen LogP contribution in [-0.2, 0) is 4.74 Å². The van der Waals surface area contributed by atoms with Gasteiger partial charge in [-0.1, -0.05) is 0 Å². The van der Waals surface area contributed by atoms with Gasteiger partial charge in [-0.2, -0.15) is 0 Å². The van der Waals surface area contributed by atoms with Crippen molar-refractivity contribution in [3.8, 4) is 0 Å². The molecule has 5 heteroatoms. The number of nitrogens with one attached hydrogen (secondary N) is 1. The summed E-state index contributed by atoms with van der Waals surface area (Å²) in [5.74, 6) is 2.87. The Morgan fingerprint density at radius 3 is 2.52 bits per heavy atom. The fourth-order valence-electron chi connectivity index (χ4n) is 3.07. The number of hydrogen-bond acceptors (Lipinski definition) is 2. The summed E-state index contributed by atoms with van der Waals surface area (Å²) in [6, 6.07) is 0. The van der Waals surface area contributed by atoms with Crippen LogP contribution < -0.4 is 5.32 Å². The van der Waals surface area contributed by atoms with E-state index in [1.807, 2.05) is 7.05 Å². The summed E-state index contributed by atoms with van der Waals surface area (Å²) in [7, 11) is 3.98. The Labute approximate surface area is 146 Å². The molecule has 0 saturated heterocycles. The predicted octanol–water partition coefficient (Wildman–Crippen LogP) is 2.73. The minimum absolute atomic E-state index is 0. The van der Waals surface area contributed by atoms with Crippen LogP contribution in [0.2, 0.25) is 0 Å². The molecule has 1 N–H and O–H groups in total.